The Bertz CT molecular complexity index is 1720. The van der Waals surface area contributed by atoms with Gasteiger partial charge in [0.1, 0.15) is 23.5 Å². The summed E-state index contributed by atoms with van der Waals surface area (Å²) < 4.78 is 35.6. The van der Waals surface area contributed by atoms with Crippen molar-refractivity contribution in [2.45, 2.75) is 32.7 Å². The van der Waals surface area contributed by atoms with Crippen molar-refractivity contribution in [1.82, 2.24) is 24.9 Å². The smallest absolute Gasteiger partial charge is 0.364 e. The van der Waals surface area contributed by atoms with Gasteiger partial charge in [0, 0.05) is 17.2 Å². The van der Waals surface area contributed by atoms with Crippen LogP contribution in [0.5, 0.6) is 0 Å². The molecule has 3 heterocycles. The van der Waals surface area contributed by atoms with Crippen LogP contribution in [-0.4, -0.2) is 31.1 Å². The lowest BCUT2D eigenvalue weighted by molar-refractivity contribution is -0.191. The molecule has 0 saturated heterocycles. The van der Waals surface area contributed by atoms with Crippen molar-refractivity contribution in [2.75, 3.05) is 0 Å². The lowest BCUT2D eigenvalue weighted by Crippen LogP contribution is -2.12. The molecule has 0 N–H and O–H groups in total. The van der Waals surface area contributed by atoms with Crippen LogP contribution < -0.4 is 0 Å². The van der Waals surface area contributed by atoms with E-state index in [-0.39, 0.29) is 35.4 Å². The molecule has 0 radical (unpaired) electrons. The van der Waals surface area contributed by atoms with Crippen molar-refractivity contribution in [3.05, 3.63) is 107 Å². The normalized spacial score (nSPS) is 10.6. The van der Waals surface area contributed by atoms with Crippen molar-refractivity contribution in [3.63, 3.8) is 0 Å². The Kier molecular flexibility index (Phi) is 8.38. The number of benzene rings is 2. The largest absolute Gasteiger partial charge is 0.373 e. The fourth-order valence-electron chi connectivity index (χ4n) is 3.94. The van der Waals surface area contributed by atoms with E-state index in [0.29, 0.717) is 22.6 Å². The summed E-state index contributed by atoms with van der Waals surface area (Å²) in [6.45, 7) is 6.44. The molecule has 200 valence electrons. The van der Waals surface area contributed by atoms with Gasteiger partial charge in [-0.1, -0.05) is 68.2 Å². The molecule has 0 aliphatic rings. The molecule has 0 saturated carbocycles. The van der Waals surface area contributed by atoms with Crippen LogP contribution in [0.3, 0.4) is 0 Å². The second-order valence-corrected chi connectivity index (χ2v) is 9.57. The molecule has 0 aliphatic heterocycles. The number of hydrogen-bond acceptors (Lipinski definition) is 7. The van der Waals surface area contributed by atoms with E-state index >= 15 is 0 Å². The first-order chi connectivity index (χ1) is 19.2. The van der Waals surface area contributed by atoms with Crippen LogP contribution in [-0.2, 0) is 21.5 Å². The van der Waals surface area contributed by atoms with E-state index in [2.05, 4.69) is 52.8 Å². The van der Waals surface area contributed by atoms with Crippen molar-refractivity contribution < 1.29 is 22.9 Å². The summed E-state index contributed by atoms with van der Waals surface area (Å²) in [5, 5.41) is 8.57. The van der Waals surface area contributed by atoms with Gasteiger partial charge in [0.25, 0.3) is 0 Å². The van der Waals surface area contributed by atoms with E-state index in [1.807, 2.05) is 24.3 Å². The first kappa shape index (κ1) is 27.8. The first-order valence-corrected chi connectivity index (χ1v) is 12.1. The molecule has 3 aromatic heterocycles. The van der Waals surface area contributed by atoms with Gasteiger partial charge < -0.3 is 4.52 Å². The predicted molar refractivity (Wildman–Crippen MR) is 140 cm³/mol. The molecular weight excluding hydrogens is 516 g/mol. The van der Waals surface area contributed by atoms with Gasteiger partial charge in [-0.25, -0.2) is 18.7 Å². The van der Waals surface area contributed by atoms with Gasteiger partial charge in [0.05, 0.1) is 18.4 Å². The monoisotopic (exact) mass is 539 g/mol. The number of carbonyl (C=O) groups excluding carboxylic acids is 2. The molecule has 0 spiro atoms. The highest BCUT2D eigenvalue weighted by atomic mass is 19.1. The molecule has 0 amide bonds. The van der Waals surface area contributed by atoms with Crippen molar-refractivity contribution >= 4 is 6.15 Å². The molecule has 10 heteroatoms. The summed E-state index contributed by atoms with van der Waals surface area (Å²) in [6, 6.07) is 17.6. The molecule has 8 nitrogen and oxygen atoms in total. The van der Waals surface area contributed by atoms with Gasteiger partial charge in [-0.15, -0.1) is 0 Å². The Hall–Kier alpha value is -5.26. The summed E-state index contributed by atoms with van der Waals surface area (Å²) in [4.78, 5) is 24.7. The maximum absolute atomic E-state index is 14.6. The minimum Gasteiger partial charge on any atom is -0.364 e. The Morgan fingerprint density at radius 1 is 0.925 bits per heavy atom. The lowest BCUT2D eigenvalue weighted by Gasteiger charge is -2.20. The van der Waals surface area contributed by atoms with Crippen LogP contribution >= 0.6 is 0 Å². The third kappa shape index (κ3) is 6.41. The SMILES string of the molecule is CC(C)(C)c1ccccc1C#Cc1nc(-c2cc(-c3ccon3)n(Cc3ccccc3F)n2)ncc1F.O=C=O. The van der Waals surface area contributed by atoms with Gasteiger partial charge in [-0.05, 0) is 35.1 Å². The van der Waals surface area contributed by atoms with Crippen LogP contribution in [0.2, 0.25) is 0 Å². The molecule has 0 aliphatic carbocycles. The van der Waals surface area contributed by atoms with E-state index in [9.17, 15) is 8.78 Å². The average Bonchev–Trinajstić information content (AvgIpc) is 3.60. The zero-order valence-corrected chi connectivity index (χ0v) is 21.9. The lowest BCUT2D eigenvalue weighted by atomic mass is 9.84. The van der Waals surface area contributed by atoms with Gasteiger partial charge in [-0.2, -0.15) is 14.7 Å². The molecular formula is C30H23F2N5O3. The van der Waals surface area contributed by atoms with E-state index in [4.69, 9.17) is 14.1 Å². The van der Waals surface area contributed by atoms with Crippen molar-refractivity contribution in [1.29, 1.82) is 0 Å². The van der Waals surface area contributed by atoms with E-state index < -0.39 is 5.82 Å². The highest BCUT2D eigenvalue weighted by Crippen LogP contribution is 2.26. The summed E-state index contributed by atoms with van der Waals surface area (Å²) in [6.07, 6.45) is 2.76. The predicted octanol–water partition coefficient (Wildman–Crippen LogP) is 5.44. The van der Waals surface area contributed by atoms with Gasteiger partial charge in [0.2, 0.25) is 0 Å². The fourth-order valence-corrected chi connectivity index (χ4v) is 3.94. The fraction of sp³-hybridized carbons (Fsp3) is 0.167. The second kappa shape index (κ2) is 12.1. The Labute approximate surface area is 228 Å². The number of rotatable bonds is 4. The zero-order chi connectivity index (χ0) is 28.7. The van der Waals surface area contributed by atoms with E-state index in [1.54, 1.807) is 35.0 Å². The standard InChI is InChI=1S/C29H23F2N5O.CO2/c1-29(2,3)21-10-6-4-8-19(21)12-13-24-23(31)17-32-28(33-24)26-16-27(25-14-15-37-35-25)36(34-26)18-20-9-5-7-11-22(20)30;2-1-3/h4-11,14-17H,18H2,1-3H3;. The maximum atomic E-state index is 14.6. The van der Waals surface area contributed by atoms with E-state index in [0.717, 1.165) is 17.3 Å². The molecule has 0 bridgehead atoms. The van der Waals surface area contributed by atoms with Gasteiger partial charge >= 0.3 is 6.15 Å². The Morgan fingerprint density at radius 3 is 2.35 bits per heavy atom. The van der Waals surface area contributed by atoms with E-state index in [1.165, 1.54) is 12.3 Å². The second-order valence-electron chi connectivity index (χ2n) is 9.57. The van der Waals surface area contributed by atoms with Crippen LogP contribution in [0.4, 0.5) is 8.78 Å². The molecule has 0 unspecified atom stereocenters. The first-order valence-electron chi connectivity index (χ1n) is 12.1. The third-order valence-electron chi connectivity index (χ3n) is 5.78. The highest BCUT2D eigenvalue weighted by Gasteiger charge is 2.19. The Balaban J connectivity index is 0.00000118. The summed E-state index contributed by atoms with van der Waals surface area (Å²) >= 11 is 0. The summed E-state index contributed by atoms with van der Waals surface area (Å²) in [5.41, 5.74) is 3.60. The summed E-state index contributed by atoms with van der Waals surface area (Å²) in [5.74, 6) is 5.13. The quantitative estimate of drug-likeness (QED) is 0.280. The number of hydrogen-bond donors (Lipinski definition) is 0. The minimum absolute atomic E-state index is 0.0413. The van der Waals surface area contributed by atoms with Gasteiger partial charge in [0.15, 0.2) is 17.3 Å². The van der Waals surface area contributed by atoms with Crippen LogP contribution in [0.15, 0.2) is 77.6 Å². The number of aromatic nitrogens is 5. The Morgan fingerprint density at radius 2 is 1.65 bits per heavy atom. The topological polar surface area (TPSA) is 104 Å². The molecule has 0 atom stereocenters. The van der Waals surface area contributed by atoms with Crippen molar-refractivity contribution in [2.24, 2.45) is 0 Å². The maximum Gasteiger partial charge on any atom is 0.373 e. The molecule has 5 aromatic rings. The highest BCUT2D eigenvalue weighted by molar-refractivity contribution is 5.63. The summed E-state index contributed by atoms with van der Waals surface area (Å²) in [7, 11) is 0. The molecule has 40 heavy (non-hydrogen) atoms. The number of nitrogens with zero attached hydrogens (tertiary/aromatic N) is 5. The van der Waals surface area contributed by atoms with Crippen molar-refractivity contribution in [3.8, 4) is 34.7 Å². The minimum atomic E-state index is -0.632. The average molecular weight is 540 g/mol. The number of halogens is 2. The zero-order valence-electron chi connectivity index (χ0n) is 21.9. The molecule has 0 fully saturated rings. The van der Waals surface area contributed by atoms with Gasteiger partial charge in [-0.3, -0.25) is 4.68 Å². The molecule has 2 aromatic carbocycles. The van der Waals surface area contributed by atoms with Crippen LogP contribution in [0, 0.1) is 23.5 Å². The molecule has 5 rings (SSSR count). The van der Waals surface area contributed by atoms with Crippen LogP contribution in [0.1, 0.15) is 43.2 Å². The van der Waals surface area contributed by atoms with Crippen LogP contribution in [0.25, 0.3) is 22.9 Å². The third-order valence-corrected chi connectivity index (χ3v) is 5.78.